The van der Waals surface area contributed by atoms with Gasteiger partial charge in [0.25, 0.3) is 5.92 Å². The molecule has 112 valence electrons. The van der Waals surface area contributed by atoms with Gasteiger partial charge in [-0.3, -0.25) is 0 Å². The fraction of sp³-hybridized carbons (Fsp3) is 0.600. The molecular weight excluding hydrogens is 282 g/mol. The van der Waals surface area contributed by atoms with E-state index in [1.807, 2.05) is 19.1 Å². The molecular formula is C15H20F2O2S. The average Bonchev–Trinajstić information content (AvgIpc) is 2.69. The predicted octanol–water partition coefficient (Wildman–Crippen LogP) is 3.74. The number of hydrogen-bond donors (Lipinski definition) is 0. The normalized spacial score (nSPS) is 22.1. The van der Waals surface area contributed by atoms with Gasteiger partial charge in [-0.15, -0.1) is 0 Å². The van der Waals surface area contributed by atoms with Crippen LogP contribution in [0.1, 0.15) is 36.8 Å². The van der Waals surface area contributed by atoms with Crippen LogP contribution < -0.4 is 0 Å². The Morgan fingerprint density at radius 1 is 1.25 bits per heavy atom. The van der Waals surface area contributed by atoms with E-state index in [2.05, 4.69) is 0 Å². The second-order valence-electron chi connectivity index (χ2n) is 5.72. The summed E-state index contributed by atoms with van der Waals surface area (Å²) in [6, 6.07) is 7.26. The number of sulfone groups is 1. The van der Waals surface area contributed by atoms with Crippen molar-refractivity contribution in [2.75, 3.05) is 5.75 Å². The lowest BCUT2D eigenvalue weighted by Gasteiger charge is -2.18. The first-order chi connectivity index (χ1) is 9.28. The van der Waals surface area contributed by atoms with E-state index in [-0.39, 0.29) is 24.3 Å². The molecule has 0 amide bonds. The lowest BCUT2D eigenvalue weighted by atomic mass is 10.0. The number of rotatable bonds is 5. The second kappa shape index (κ2) is 5.80. The van der Waals surface area contributed by atoms with Crippen molar-refractivity contribution < 1.29 is 17.2 Å². The van der Waals surface area contributed by atoms with Gasteiger partial charge in [-0.25, -0.2) is 17.2 Å². The van der Waals surface area contributed by atoms with Crippen LogP contribution in [-0.2, 0) is 15.6 Å². The first-order valence-electron chi connectivity index (χ1n) is 6.92. The van der Waals surface area contributed by atoms with Crippen LogP contribution in [0.2, 0.25) is 0 Å². The Morgan fingerprint density at radius 3 is 2.45 bits per heavy atom. The molecule has 1 aromatic rings. The topological polar surface area (TPSA) is 34.1 Å². The van der Waals surface area contributed by atoms with Gasteiger partial charge in [0.1, 0.15) is 0 Å². The molecule has 1 aromatic carbocycles. The fourth-order valence-corrected chi connectivity index (χ4v) is 4.18. The van der Waals surface area contributed by atoms with Crippen molar-refractivity contribution in [1.82, 2.24) is 0 Å². The van der Waals surface area contributed by atoms with Crippen molar-refractivity contribution in [3.05, 3.63) is 35.4 Å². The molecule has 1 saturated carbocycles. The number of hydrogen-bond acceptors (Lipinski definition) is 2. The quantitative estimate of drug-likeness (QED) is 0.830. The summed E-state index contributed by atoms with van der Waals surface area (Å²) in [4.78, 5) is 0. The molecule has 0 N–H and O–H groups in total. The molecule has 0 bridgehead atoms. The van der Waals surface area contributed by atoms with Crippen LogP contribution >= 0.6 is 0 Å². The number of aryl methyl sites for hydroxylation is 1. The van der Waals surface area contributed by atoms with Gasteiger partial charge in [-0.2, -0.15) is 0 Å². The fourth-order valence-electron chi connectivity index (χ4n) is 2.69. The van der Waals surface area contributed by atoms with Crippen LogP contribution in [0.25, 0.3) is 0 Å². The maximum atomic E-state index is 13.5. The van der Waals surface area contributed by atoms with Crippen LogP contribution in [0, 0.1) is 12.8 Å². The second-order valence-corrected chi connectivity index (χ2v) is 7.90. The standard InChI is InChI=1S/C15H20F2O2S/c1-12-4-6-13(7-5-12)11-20(18,19)10-8-14-3-2-9-15(14,16)17/h4-7,14H,2-3,8-11H2,1H3. The van der Waals surface area contributed by atoms with Gasteiger partial charge < -0.3 is 0 Å². The minimum absolute atomic E-state index is 0.0639. The molecule has 0 heterocycles. The smallest absolute Gasteiger partial charge is 0.228 e. The predicted molar refractivity (Wildman–Crippen MR) is 75.6 cm³/mol. The monoisotopic (exact) mass is 302 g/mol. The van der Waals surface area contributed by atoms with E-state index in [4.69, 9.17) is 0 Å². The van der Waals surface area contributed by atoms with E-state index in [0.717, 1.165) is 5.56 Å². The molecule has 0 spiro atoms. The summed E-state index contributed by atoms with van der Waals surface area (Å²) in [6.07, 6.45) is 0.902. The molecule has 1 atom stereocenters. The lowest BCUT2D eigenvalue weighted by Crippen LogP contribution is -2.24. The molecule has 20 heavy (non-hydrogen) atoms. The van der Waals surface area contributed by atoms with Crippen LogP contribution in [0.3, 0.4) is 0 Å². The molecule has 1 fully saturated rings. The molecule has 5 heteroatoms. The van der Waals surface area contributed by atoms with Gasteiger partial charge in [0.15, 0.2) is 9.84 Å². The highest BCUT2D eigenvalue weighted by Gasteiger charge is 2.43. The van der Waals surface area contributed by atoms with Gasteiger partial charge in [0.05, 0.1) is 11.5 Å². The lowest BCUT2D eigenvalue weighted by molar-refractivity contribution is -0.0374. The highest BCUT2D eigenvalue weighted by atomic mass is 32.2. The van der Waals surface area contributed by atoms with E-state index >= 15 is 0 Å². The summed E-state index contributed by atoms with van der Waals surface area (Å²) in [5.74, 6) is -3.66. The van der Waals surface area contributed by atoms with E-state index in [1.165, 1.54) is 0 Å². The molecule has 0 aliphatic heterocycles. The highest BCUT2D eigenvalue weighted by molar-refractivity contribution is 7.90. The third kappa shape index (κ3) is 4.01. The van der Waals surface area contributed by atoms with E-state index in [9.17, 15) is 17.2 Å². The largest absolute Gasteiger partial charge is 0.250 e. The molecule has 0 radical (unpaired) electrons. The minimum Gasteiger partial charge on any atom is -0.228 e. The minimum atomic E-state index is -3.32. The van der Waals surface area contributed by atoms with Gasteiger partial charge in [0.2, 0.25) is 0 Å². The van der Waals surface area contributed by atoms with E-state index in [0.29, 0.717) is 18.4 Å². The summed E-state index contributed by atoms with van der Waals surface area (Å²) in [5, 5.41) is 0. The molecule has 1 aliphatic rings. The average molecular weight is 302 g/mol. The zero-order valence-corrected chi connectivity index (χ0v) is 12.4. The Morgan fingerprint density at radius 2 is 1.90 bits per heavy atom. The molecule has 2 nitrogen and oxygen atoms in total. The van der Waals surface area contributed by atoms with Crippen molar-refractivity contribution in [2.45, 2.75) is 44.3 Å². The van der Waals surface area contributed by atoms with Crippen LogP contribution in [0.4, 0.5) is 8.78 Å². The summed E-state index contributed by atoms with van der Waals surface area (Å²) < 4.78 is 50.9. The Labute approximate surface area is 119 Å². The third-order valence-corrected chi connectivity index (χ3v) is 5.58. The highest BCUT2D eigenvalue weighted by Crippen LogP contribution is 2.42. The van der Waals surface area contributed by atoms with Crippen molar-refractivity contribution in [2.24, 2.45) is 5.92 Å². The van der Waals surface area contributed by atoms with Crippen LogP contribution in [0.5, 0.6) is 0 Å². The summed E-state index contributed by atoms with van der Waals surface area (Å²) in [6.45, 7) is 1.93. The molecule has 0 aromatic heterocycles. The van der Waals surface area contributed by atoms with Crippen molar-refractivity contribution in [3.63, 3.8) is 0 Å². The molecule has 0 saturated heterocycles. The SMILES string of the molecule is Cc1ccc(CS(=O)(=O)CCC2CCCC2(F)F)cc1. The van der Waals surface area contributed by atoms with E-state index in [1.54, 1.807) is 12.1 Å². The third-order valence-electron chi connectivity index (χ3n) is 3.94. The first kappa shape index (κ1) is 15.4. The maximum Gasteiger partial charge on any atom is 0.250 e. The molecule has 1 unspecified atom stereocenters. The maximum absolute atomic E-state index is 13.5. The number of alkyl halides is 2. The Balaban J connectivity index is 1.93. The Bertz CT molecular complexity index is 550. The van der Waals surface area contributed by atoms with Crippen molar-refractivity contribution in [3.8, 4) is 0 Å². The molecule has 2 rings (SSSR count). The van der Waals surface area contributed by atoms with Gasteiger partial charge in [-0.05, 0) is 31.7 Å². The molecule has 1 aliphatic carbocycles. The van der Waals surface area contributed by atoms with Gasteiger partial charge in [0, 0.05) is 12.3 Å². The van der Waals surface area contributed by atoms with Crippen molar-refractivity contribution in [1.29, 1.82) is 0 Å². The van der Waals surface area contributed by atoms with Gasteiger partial charge in [-0.1, -0.05) is 29.8 Å². The Hall–Kier alpha value is -0.970. The summed E-state index contributed by atoms with van der Waals surface area (Å²) in [7, 11) is -3.32. The summed E-state index contributed by atoms with van der Waals surface area (Å²) >= 11 is 0. The van der Waals surface area contributed by atoms with Crippen LogP contribution in [0.15, 0.2) is 24.3 Å². The Kier molecular flexibility index (Phi) is 4.47. The van der Waals surface area contributed by atoms with Crippen LogP contribution in [-0.4, -0.2) is 20.1 Å². The first-order valence-corrected chi connectivity index (χ1v) is 8.74. The van der Waals surface area contributed by atoms with E-state index < -0.39 is 21.7 Å². The van der Waals surface area contributed by atoms with Gasteiger partial charge >= 0.3 is 0 Å². The summed E-state index contributed by atoms with van der Waals surface area (Å²) in [5.41, 5.74) is 1.78. The zero-order valence-electron chi connectivity index (χ0n) is 11.6. The number of benzene rings is 1. The van der Waals surface area contributed by atoms with Crippen molar-refractivity contribution >= 4 is 9.84 Å². The number of halogens is 2. The zero-order chi connectivity index (χ0) is 14.8.